The summed E-state index contributed by atoms with van der Waals surface area (Å²) in [6.45, 7) is 3.60. The van der Waals surface area contributed by atoms with Crippen molar-refractivity contribution in [3.8, 4) is 0 Å². The molecule has 0 aromatic heterocycles. The molecule has 100 valence electrons. The molecular weight excluding hydrogens is 230 g/mol. The maximum atomic E-state index is 11.9. The molecule has 0 aliphatic carbocycles. The Morgan fingerprint density at radius 2 is 1.61 bits per heavy atom. The van der Waals surface area contributed by atoms with Gasteiger partial charge >= 0.3 is 0 Å². The van der Waals surface area contributed by atoms with Crippen LogP contribution < -0.4 is 0 Å². The monoisotopic (exact) mass is 251 g/mol. The molecular formula is C14H21NO3. The molecule has 0 saturated heterocycles. The van der Waals surface area contributed by atoms with Crippen molar-refractivity contribution in [3.05, 3.63) is 35.4 Å². The third-order valence-electron chi connectivity index (χ3n) is 2.86. The maximum Gasteiger partial charge on any atom is 0.164 e. The molecule has 1 aromatic rings. The Bertz CT molecular complexity index is 356. The Kier molecular flexibility index (Phi) is 6.57. The van der Waals surface area contributed by atoms with Crippen LogP contribution in [0.3, 0.4) is 0 Å². The topological polar surface area (TPSA) is 60.8 Å². The van der Waals surface area contributed by atoms with E-state index in [0.29, 0.717) is 31.6 Å². The Labute approximate surface area is 108 Å². The molecule has 0 atom stereocenters. The summed E-state index contributed by atoms with van der Waals surface area (Å²) in [7, 11) is 0. The molecule has 1 aromatic carbocycles. The van der Waals surface area contributed by atoms with E-state index >= 15 is 0 Å². The van der Waals surface area contributed by atoms with Crippen molar-refractivity contribution < 1.29 is 15.0 Å². The quantitative estimate of drug-likeness (QED) is 0.673. The van der Waals surface area contributed by atoms with E-state index in [1.165, 1.54) is 0 Å². The van der Waals surface area contributed by atoms with Gasteiger partial charge < -0.3 is 10.2 Å². The minimum atomic E-state index is 0.0404. The van der Waals surface area contributed by atoms with Crippen LogP contribution in [-0.2, 0) is 0 Å². The number of carbonyl (C=O) groups excluding carboxylic acids is 1. The summed E-state index contributed by atoms with van der Waals surface area (Å²) in [4.78, 5) is 13.8. The molecule has 2 N–H and O–H groups in total. The number of Topliss-reactive ketones (excluding diaryl/α,β-unsaturated/α-hetero) is 1. The first-order valence-electron chi connectivity index (χ1n) is 6.21. The average Bonchev–Trinajstić information content (AvgIpc) is 2.37. The predicted octanol–water partition coefficient (Wildman–Crippen LogP) is 0.854. The number of aryl methyl sites for hydroxylation is 1. The number of carbonyl (C=O) groups is 1. The second kappa shape index (κ2) is 7.97. The van der Waals surface area contributed by atoms with E-state index in [2.05, 4.69) is 0 Å². The summed E-state index contributed by atoms with van der Waals surface area (Å²) in [5.41, 5.74) is 1.85. The Morgan fingerprint density at radius 1 is 1.06 bits per heavy atom. The number of aliphatic hydroxyl groups excluding tert-OH is 2. The highest BCUT2D eigenvalue weighted by Crippen LogP contribution is 2.06. The van der Waals surface area contributed by atoms with Gasteiger partial charge in [0.1, 0.15) is 0 Å². The molecule has 0 bridgehead atoms. The van der Waals surface area contributed by atoms with Crippen molar-refractivity contribution in [1.29, 1.82) is 0 Å². The van der Waals surface area contributed by atoms with Crippen molar-refractivity contribution in [3.63, 3.8) is 0 Å². The number of aliphatic hydroxyl groups is 2. The van der Waals surface area contributed by atoms with Crippen LogP contribution in [0.2, 0.25) is 0 Å². The molecule has 4 heteroatoms. The highest BCUT2D eigenvalue weighted by molar-refractivity contribution is 5.96. The number of ketones is 1. The van der Waals surface area contributed by atoms with Crippen LogP contribution in [0.4, 0.5) is 0 Å². The summed E-state index contributed by atoms with van der Waals surface area (Å²) in [6, 6.07) is 7.51. The SMILES string of the molecule is Cc1ccc(C(=O)CCN(CCO)CCO)cc1. The minimum Gasteiger partial charge on any atom is -0.395 e. The summed E-state index contributed by atoms with van der Waals surface area (Å²) < 4.78 is 0. The number of benzene rings is 1. The van der Waals surface area contributed by atoms with E-state index < -0.39 is 0 Å². The van der Waals surface area contributed by atoms with E-state index in [1.807, 2.05) is 36.1 Å². The van der Waals surface area contributed by atoms with E-state index in [1.54, 1.807) is 0 Å². The Hall–Kier alpha value is -1.23. The second-order valence-electron chi connectivity index (χ2n) is 4.33. The standard InChI is InChI=1S/C14H21NO3/c1-12-2-4-13(5-3-12)14(18)6-7-15(8-10-16)9-11-17/h2-5,16-17H,6-11H2,1H3. The summed E-state index contributed by atoms with van der Waals surface area (Å²) in [6.07, 6.45) is 0.406. The van der Waals surface area contributed by atoms with Gasteiger partial charge in [0.15, 0.2) is 5.78 Å². The van der Waals surface area contributed by atoms with Crippen molar-refractivity contribution in [1.82, 2.24) is 4.90 Å². The molecule has 1 rings (SSSR count). The van der Waals surface area contributed by atoms with Crippen LogP contribution in [0.15, 0.2) is 24.3 Å². The first-order chi connectivity index (χ1) is 8.67. The van der Waals surface area contributed by atoms with Crippen LogP contribution in [-0.4, -0.2) is 53.7 Å². The molecule has 0 aliphatic rings. The highest BCUT2D eigenvalue weighted by Gasteiger charge is 2.09. The smallest absolute Gasteiger partial charge is 0.164 e. The molecule has 0 heterocycles. The molecule has 18 heavy (non-hydrogen) atoms. The van der Waals surface area contributed by atoms with Gasteiger partial charge in [0.25, 0.3) is 0 Å². The molecule has 4 nitrogen and oxygen atoms in total. The van der Waals surface area contributed by atoms with Crippen molar-refractivity contribution in [2.45, 2.75) is 13.3 Å². The fraction of sp³-hybridized carbons (Fsp3) is 0.500. The molecule has 0 aliphatic heterocycles. The van der Waals surface area contributed by atoms with Gasteiger partial charge in [-0.15, -0.1) is 0 Å². The summed E-state index contributed by atoms with van der Waals surface area (Å²) >= 11 is 0. The number of hydrogen-bond donors (Lipinski definition) is 2. The van der Waals surface area contributed by atoms with Gasteiger partial charge in [0, 0.05) is 31.6 Å². The number of hydrogen-bond acceptors (Lipinski definition) is 4. The zero-order valence-corrected chi connectivity index (χ0v) is 10.8. The number of rotatable bonds is 8. The molecule has 0 spiro atoms. The van der Waals surface area contributed by atoms with E-state index in [0.717, 1.165) is 5.56 Å². The third-order valence-corrected chi connectivity index (χ3v) is 2.86. The van der Waals surface area contributed by atoms with Crippen LogP contribution >= 0.6 is 0 Å². The van der Waals surface area contributed by atoms with Crippen LogP contribution in [0.5, 0.6) is 0 Å². The predicted molar refractivity (Wildman–Crippen MR) is 70.7 cm³/mol. The summed E-state index contributed by atoms with van der Waals surface area (Å²) in [5.74, 6) is 0.0934. The zero-order valence-electron chi connectivity index (χ0n) is 10.8. The molecule has 0 amide bonds. The van der Waals surface area contributed by atoms with Crippen molar-refractivity contribution >= 4 is 5.78 Å². The fourth-order valence-corrected chi connectivity index (χ4v) is 1.76. The molecule has 0 fully saturated rings. The molecule has 0 unspecified atom stereocenters. The highest BCUT2D eigenvalue weighted by atomic mass is 16.3. The normalized spacial score (nSPS) is 10.9. The lowest BCUT2D eigenvalue weighted by atomic mass is 10.1. The van der Waals surface area contributed by atoms with Gasteiger partial charge in [0.05, 0.1) is 13.2 Å². The van der Waals surface area contributed by atoms with E-state index in [4.69, 9.17) is 10.2 Å². The van der Waals surface area contributed by atoms with Crippen LogP contribution in [0.25, 0.3) is 0 Å². The Balaban J connectivity index is 2.46. The van der Waals surface area contributed by atoms with E-state index in [9.17, 15) is 4.79 Å². The summed E-state index contributed by atoms with van der Waals surface area (Å²) in [5, 5.41) is 17.7. The lowest BCUT2D eigenvalue weighted by molar-refractivity contribution is 0.0947. The van der Waals surface area contributed by atoms with Gasteiger partial charge in [-0.1, -0.05) is 29.8 Å². The van der Waals surface area contributed by atoms with Gasteiger partial charge in [-0.05, 0) is 6.92 Å². The lowest BCUT2D eigenvalue weighted by Crippen LogP contribution is -2.31. The first-order valence-corrected chi connectivity index (χ1v) is 6.21. The molecule has 0 radical (unpaired) electrons. The zero-order chi connectivity index (χ0) is 13.4. The maximum absolute atomic E-state index is 11.9. The number of nitrogens with zero attached hydrogens (tertiary/aromatic N) is 1. The third kappa shape index (κ3) is 4.96. The lowest BCUT2D eigenvalue weighted by Gasteiger charge is -2.19. The van der Waals surface area contributed by atoms with Gasteiger partial charge in [-0.25, -0.2) is 0 Å². The largest absolute Gasteiger partial charge is 0.395 e. The van der Waals surface area contributed by atoms with Crippen molar-refractivity contribution in [2.75, 3.05) is 32.8 Å². The fourth-order valence-electron chi connectivity index (χ4n) is 1.76. The van der Waals surface area contributed by atoms with Crippen LogP contribution in [0, 0.1) is 6.92 Å². The first kappa shape index (κ1) is 14.8. The van der Waals surface area contributed by atoms with Gasteiger partial charge in [-0.3, -0.25) is 9.69 Å². The van der Waals surface area contributed by atoms with Crippen LogP contribution in [0.1, 0.15) is 22.3 Å². The van der Waals surface area contributed by atoms with Gasteiger partial charge in [-0.2, -0.15) is 0 Å². The van der Waals surface area contributed by atoms with Gasteiger partial charge in [0.2, 0.25) is 0 Å². The molecule has 0 saturated carbocycles. The van der Waals surface area contributed by atoms with Crippen molar-refractivity contribution in [2.24, 2.45) is 0 Å². The minimum absolute atomic E-state index is 0.0404. The average molecular weight is 251 g/mol. The van der Waals surface area contributed by atoms with E-state index in [-0.39, 0.29) is 19.0 Å². The Morgan fingerprint density at radius 3 is 2.11 bits per heavy atom. The second-order valence-corrected chi connectivity index (χ2v) is 4.33.